The minimum atomic E-state index is -0.930. The van der Waals surface area contributed by atoms with E-state index in [1.54, 1.807) is 31.3 Å². The molecule has 0 radical (unpaired) electrons. The van der Waals surface area contributed by atoms with Crippen LogP contribution in [0.5, 0.6) is 5.75 Å². The van der Waals surface area contributed by atoms with Crippen molar-refractivity contribution in [3.8, 4) is 5.75 Å². The second kappa shape index (κ2) is 7.13. The van der Waals surface area contributed by atoms with E-state index in [1.807, 2.05) is 6.08 Å². The van der Waals surface area contributed by atoms with Crippen molar-refractivity contribution in [2.45, 2.75) is 6.42 Å². The van der Waals surface area contributed by atoms with Crippen LogP contribution in [-0.4, -0.2) is 42.1 Å². The number of benzene rings is 1. The lowest BCUT2D eigenvalue weighted by Crippen LogP contribution is -2.27. The zero-order valence-corrected chi connectivity index (χ0v) is 12.8. The molecule has 0 fully saturated rings. The predicted molar refractivity (Wildman–Crippen MR) is 84.0 cm³/mol. The summed E-state index contributed by atoms with van der Waals surface area (Å²) in [6.45, 7) is 0.545. The van der Waals surface area contributed by atoms with Crippen LogP contribution in [0.3, 0.4) is 0 Å². The number of hydrogen-bond acceptors (Lipinski definition) is 3. The molecule has 0 saturated heterocycles. The molecule has 0 aliphatic carbocycles. The van der Waals surface area contributed by atoms with E-state index in [-0.39, 0.29) is 18.9 Å². The lowest BCUT2D eigenvalue weighted by Gasteiger charge is -2.17. The summed E-state index contributed by atoms with van der Waals surface area (Å²) < 4.78 is 5.58. The van der Waals surface area contributed by atoms with Crippen LogP contribution in [0.4, 0.5) is 0 Å². The molecule has 22 heavy (non-hydrogen) atoms. The SMILES string of the molecule is CN(CCC(=O)O)C(=O)/C=C/C1=Cc2cc(Cl)ccc2OC1. The van der Waals surface area contributed by atoms with Gasteiger partial charge in [0.25, 0.3) is 0 Å². The van der Waals surface area contributed by atoms with E-state index in [0.29, 0.717) is 11.6 Å². The summed E-state index contributed by atoms with van der Waals surface area (Å²) >= 11 is 5.94. The fourth-order valence-electron chi connectivity index (χ4n) is 1.94. The number of amides is 1. The molecule has 1 aliphatic rings. The average Bonchev–Trinajstić information content (AvgIpc) is 2.49. The third-order valence-electron chi connectivity index (χ3n) is 3.18. The molecule has 1 aliphatic heterocycles. The summed E-state index contributed by atoms with van der Waals surface area (Å²) in [6.07, 6.45) is 4.91. The molecule has 116 valence electrons. The van der Waals surface area contributed by atoms with Crippen molar-refractivity contribution in [1.29, 1.82) is 0 Å². The lowest BCUT2D eigenvalue weighted by atomic mass is 10.1. The first kappa shape index (κ1) is 16.1. The van der Waals surface area contributed by atoms with Gasteiger partial charge in [-0.15, -0.1) is 0 Å². The van der Waals surface area contributed by atoms with Crippen molar-refractivity contribution in [2.24, 2.45) is 0 Å². The van der Waals surface area contributed by atoms with Gasteiger partial charge >= 0.3 is 5.97 Å². The van der Waals surface area contributed by atoms with Gasteiger partial charge in [0.15, 0.2) is 0 Å². The molecule has 0 spiro atoms. The first-order chi connectivity index (χ1) is 10.5. The van der Waals surface area contributed by atoms with Crippen LogP contribution in [0.15, 0.2) is 35.9 Å². The number of carbonyl (C=O) groups excluding carboxylic acids is 1. The smallest absolute Gasteiger partial charge is 0.305 e. The summed E-state index contributed by atoms with van der Waals surface area (Å²) in [6, 6.07) is 5.36. The molecule has 1 amide bonds. The maximum absolute atomic E-state index is 11.9. The molecule has 6 heteroatoms. The van der Waals surface area contributed by atoms with Crippen molar-refractivity contribution in [3.63, 3.8) is 0 Å². The maximum Gasteiger partial charge on any atom is 0.305 e. The number of carbonyl (C=O) groups is 2. The number of likely N-dealkylation sites (N-methyl/N-ethyl adjacent to an activating group) is 1. The van der Waals surface area contributed by atoms with Crippen molar-refractivity contribution in [3.05, 3.63) is 46.5 Å². The molecule has 2 rings (SSSR count). The Bertz CT molecular complexity index is 652. The molecule has 1 aromatic rings. The maximum atomic E-state index is 11.9. The minimum Gasteiger partial charge on any atom is -0.488 e. The van der Waals surface area contributed by atoms with E-state index in [1.165, 1.54) is 11.0 Å². The van der Waals surface area contributed by atoms with Gasteiger partial charge in [-0.3, -0.25) is 9.59 Å². The molecular weight excluding hydrogens is 306 g/mol. The monoisotopic (exact) mass is 321 g/mol. The first-order valence-electron chi connectivity index (χ1n) is 6.73. The highest BCUT2D eigenvalue weighted by molar-refractivity contribution is 6.30. The van der Waals surface area contributed by atoms with Crippen molar-refractivity contribution in [1.82, 2.24) is 4.90 Å². The number of fused-ring (bicyclic) bond motifs is 1. The Labute approximate surface area is 133 Å². The molecule has 5 nitrogen and oxygen atoms in total. The Hall–Kier alpha value is -2.27. The summed E-state index contributed by atoms with van der Waals surface area (Å²) in [5.41, 5.74) is 1.71. The Morgan fingerprint density at radius 2 is 2.23 bits per heavy atom. The fourth-order valence-corrected chi connectivity index (χ4v) is 2.12. The van der Waals surface area contributed by atoms with Gasteiger partial charge in [-0.25, -0.2) is 0 Å². The summed E-state index contributed by atoms with van der Waals surface area (Å²) in [4.78, 5) is 23.7. The highest BCUT2D eigenvalue weighted by Gasteiger charge is 2.11. The van der Waals surface area contributed by atoms with Crippen molar-refractivity contribution in [2.75, 3.05) is 20.2 Å². The number of aliphatic carboxylic acids is 1. The molecule has 0 atom stereocenters. The van der Waals surface area contributed by atoms with E-state index in [2.05, 4.69) is 0 Å². The van der Waals surface area contributed by atoms with Gasteiger partial charge in [0.1, 0.15) is 12.4 Å². The number of ether oxygens (including phenoxy) is 1. The number of rotatable bonds is 5. The van der Waals surface area contributed by atoms with Gasteiger partial charge in [0, 0.05) is 30.3 Å². The van der Waals surface area contributed by atoms with E-state index < -0.39 is 5.97 Å². The van der Waals surface area contributed by atoms with Gasteiger partial charge in [-0.05, 0) is 29.8 Å². The normalized spacial score (nSPS) is 13.3. The second-order valence-corrected chi connectivity index (χ2v) is 5.36. The highest BCUT2D eigenvalue weighted by Crippen LogP contribution is 2.29. The Morgan fingerprint density at radius 1 is 1.45 bits per heavy atom. The van der Waals surface area contributed by atoms with Crippen LogP contribution in [-0.2, 0) is 9.59 Å². The standard InChI is InChI=1S/C16H16ClNO4/c1-18(7-6-16(20)21)15(19)5-2-11-8-12-9-13(17)3-4-14(12)22-10-11/h2-5,8-9H,6-7,10H2,1H3,(H,20,21)/b5-2+. The highest BCUT2D eigenvalue weighted by atomic mass is 35.5. The quantitative estimate of drug-likeness (QED) is 0.847. The number of halogens is 1. The van der Waals surface area contributed by atoms with Crippen LogP contribution in [0, 0.1) is 0 Å². The van der Waals surface area contributed by atoms with Gasteiger partial charge in [0.05, 0.1) is 6.42 Å². The molecule has 0 unspecified atom stereocenters. The predicted octanol–water partition coefficient (Wildman–Crippen LogP) is 2.61. The largest absolute Gasteiger partial charge is 0.488 e. The third kappa shape index (κ3) is 4.36. The molecule has 0 aromatic heterocycles. The molecule has 0 bridgehead atoms. The first-order valence-corrected chi connectivity index (χ1v) is 7.11. The number of nitrogens with zero attached hydrogens (tertiary/aromatic N) is 1. The molecule has 1 aromatic carbocycles. The Morgan fingerprint density at radius 3 is 2.95 bits per heavy atom. The molecule has 1 N–H and O–H groups in total. The topological polar surface area (TPSA) is 66.8 Å². The number of carboxylic acids is 1. The third-order valence-corrected chi connectivity index (χ3v) is 3.42. The van der Waals surface area contributed by atoms with E-state index >= 15 is 0 Å². The van der Waals surface area contributed by atoms with Gasteiger partial charge in [-0.2, -0.15) is 0 Å². The number of carboxylic acid groups (broad SMARTS) is 1. The number of hydrogen-bond donors (Lipinski definition) is 1. The van der Waals surface area contributed by atoms with Crippen molar-refractivity contribution >= 4 is 29.6 Å². The summed E-state index contributed by atoms with van der Waals surface area (Å²) in [7, 11) is 1.57. The zero-order valence-electron chi connectivity index (χ0n) is 12.1. The summed E-state index contributed by atoms with van der Waals surface area (Å²) in [5, 5.41) is 9.22. The van der Waals surface area contributed by atoms with Crippen LogP contribution in [0.25, 0.3) is 6.08 Å². The molecule has 0 saturated carbocycles. The van der Waals surface area contributed by atoms with Gasteiger partial charge in [0.2, 0.25) is 5.91 Å². The lowest BCUT2D eigenvalue weighted by molar-refractivity contribution is -0.137. The second-order valence-electron chi connectivity index (χ2n) is 4.93. The van der Waals surface area contributed by atoms with Crippen molar-refractivity contribution < 1.29 is 19.4 Å². The van der Waals surface area contributed by atoms with E-state index in [9.17, 15) is 9.59 Å². The Kier molecular flexibility index (Phi) is 5.22. The molecular formula is C16H16ClNO4. The fraction of sp³-hybridized carbons (Fsp3) is 0.250. The van der Waals surface area contributed by atoms with E-state index in [0.717, 1.165) is 16.9 Å². The van der Waals surface area contributed by atoms with Crippen LogP contribution < -0.4 is 4.74 Å². The van der Waals surface area contributed by atoms with Crippen LogP contribution in [0.1, 0.15) is 12.0 Å². The molecule has 1 heterocycles. The van der Waals surface area contributed by atoms with E-state index in [4.69, 9.17) is 21.4 Å². The summed E-state index contributed by atoms with van der Waals surface area (Å²) in [5.74, 6) is -0.425. The van der Waals surface area contributed by atoms with Gasteiger partial charge in [-0.1, -0.05) is 17.7 Å². The van der Waals surface area contributed by atoms with Crippen LogP contribution >= 0.6 is 11.6 Å². The minimum absolute atomic E-state index is 0.0756. The van der Waals surface area contributed by atoms with Crippen LogP contribution in [0.2, 0.25) is 5.02 Å². The average molecular weight is 322 g/mol. The van der Waals surface area contributed by atoms with Gasteiger partial charge < -0.3 is 14.7 Å². The Balaban J connectivity index is 2.01. The zero-order chi connectivity index (χ0) is 16.1.